The molecule has 2 aromatic rings. The number of hydrogen-bond acceptors (Lipinski definition) is 5. The Hall–Kier alpha value is -3.26. The van der Waals surface area contributed by atoms with Gasteiger partial charge < -0.3 is 14.2 Å². The van der Waals surface area contributed by atoms with Gasteiger partial charge in [-0.25, -0.2) is 0 Å². The van der Waals surface area contributed by atoms with Crippen molar-refractivity contribution in [3.8, 4) is 23.3 Å². The number of carbonyl (C=O) groups is 1. The molecule has 0 bridgehead atoms. The number of benzene rings is 2. The first-order valence-electron chi connectivity index (χ1n) is 8.45. The number of allylic oxidation sites excluding steroid dienone is 1. The van der Waals surface area contributed by atoms with Crippen LogP contribution in [0.15, 0.2) is 42.5 Å². The fourth-order valence-corrected chi connectivity index (χ4v) is 2.28. The maximum Gasteiger partial charge on any atom is 0.316 e. The number of esters is 1. The molecule has 0 N–H and O–H groups in total. The molecule has 0 amide bonds. The van der Waals surface area contributed by atoms with E-state index in [1.165, 1.54) is 0 Å². The normalized spacial score (nSPS) is 11.5. The van der Waals surface area contributed by atoms with E-state index < -0.39 is 5.41 Å². The van der Waals surface area contributed by atoms with Crippen LogP contribution >= 0.6 is 0 Å². The molecule has 0 aromatic heterocycles. The van der Waals surface area contributed by atoms with Crippen LogP contribution in [0.1, 0.15) is 31.9 Å². The highest BCUT2D eigenvalue weighted by atomic mass is 16.5. The lowest BCUT2D eigenvalue weighted by molar-refractivity contribution is -0.142. The van der Waals surface area contributed by atoms with E-state index in [9.17, 15) is 10.1 Å². The van der Waals surface area contributed by atoms with Gasteiger partial charge >= 0.3 is 5.97 Å². The Morgan fingerprint density at radius 1 is 1.04 bits per heavy atom. The minimum Gasteiger partial charge on any atom is -0.493 e. The Morgan fingerprint density at radius 3 is 2.33 bits per heavy atom. The zero-order valence-electron chi connectivity index (χ0n) is 16.2. The highest BCUT2D eigenvalue weighted by Gasteiger charge is 2.23. The van der Waals surface area contributed by atoms with Gasteiger partial charge in [0.25, 0.3) is 0 Å². The highest BCUT2D eigenvalue weighted by Crippen LogP contribution is 2.31. The van der Waals surface area contributed by atoms with Gasteiger partial charge in [0.2, 0.25) is 0 Å². The molecular weight excluding hydrogens is 342 g/mol. The van der Waals surface area contributed by atoms with Crippen LogP contribution < -0.4 is 14.2 Å². The predicted molar refractivity (Wildman–Crippen MR) is 105 cm³/mol. The number of carbonyl (C=O) groups excluding carboxylic acids is 1. The first-order chi connectivity index (χ1) is 12.8. The summed E-state index contributed by atoms with van der Waals surface area (Å²) in [5, 5.41) is 9.58. The summed E-state index contributed by atoms with van der Waals surface area (Å²) < 4.78 is 15.9. The monoisotopic (exact) mass is 365 g/mol. The third kappa shape index (κ3) is 5.11. The maximum atomic E-state index is 12.1. The summed E-state index contributed by atoms with van der Waals surface area (Å²) in [7, 11) is 3.10. The van der Waals surface area contributed by atoms with Gasteiger partial charge in [0.05, 0.1) is 31.3 Å². The summed E-state index contributed by atoms with van der Waals surface area (Å²) in [6, 6.07) is 14.5. The molecule has 5 heteroatoms. The molecule has 0 radical (unpaired) electrons. The Labute approximate surface area is 159 Å². The van der Waals surface area contributed by atoms with Gasteiger partial charge in [0.15, 0.2) is 11.5 Å². The lowest BCUT2D eigenvalue weighted by Crippen LogP contribution is -2.25. The van der Waals surface area contributed by atoms with Crippen LogP contribution in [-0.2, 0) is 4.79 Å². The van der Waals surface area contributed by atoms with Crippen LogP contribution in [0.3, 0.4) is 0 Å². The molecule has 27 heavy (non-hydrogen) atoms. The third-order valence-corrected chi connectivity index (χ3v) is 3.81. The molecule has 0 aliphatic carbocycles. The van der Waals surface area contributed by atoms with Gasteiger partial charge in [0.1, 0.15) is 5.75 Å². The standard InChI is InChI=1S/C22H23NO4/c1-22(2,3)21(24)27-18-8-6-7-15(12-18)11-17(14-23)16-9-10-19(25-4)20(13-16)26-5/h6-13H,1-5H3/b17-11-. The van der Waals surface area contributed by atoms with Crippen LogP contribution in [0.4, 0.5) is 0 Å². The van der Waals surface area contributed by atoms with Crippen LogP contribution in [0, 0.1) is 16.7 Å². The van der Waals surface area contributed by atoms with E-state index in [1.54, 1.807) is 77.5 Å². The van der Waals surface area contributed by atoms with E-state index >= 15 is 0 Å². The third-order valence-electron chi connectivity index (χ3n) is 3.81. The van der Waals surface area contributed by atoms with Gasteiger partial charge in [-0.3, -0.25) is 4.79 Å². The molecule has 2 rings (SSSR count). The van der Waals surface area contributed by atoms with Crippen LogP contribution in [0.25, 0.3) is 11.6 Å². The molecule has 0 atom stereocenters. The minimum absolute atomic E-state index is 0.316. The molecule has 140 valence electrons. The lowest BCUT2D eigenvalue weighted by atomic mass is 9.97. The number of methoxy groups -OCH3 is 2. The van der Waals surface area contributed by atoms with Gasteiger partial charge in [0, 0.05) is 0 Å². The first-order valence-corrected chi connectivity index (χ1v) is 8.45. The average Bonchev–Trinajstić information content (AvgIpc) is 2.65. The largest absolute Gasteiger partial charge is 0.493 e. The molecule has 0 heterocycles. The predicted octanol–water partition coefficient (Wildman–Crippen LogP) is 4.72. The van der Waals surface area contributed by atoms with Crippen LogP contribution in [0.5, 0.6) is 17.2 Å². The van der Waals surface area contributed by atoms with Gasteiger partial charge in [-0.1, -0.05) is 12.1 Å². The fraction of sp³-hybridized carbons (Fsp3) is 0.273. The zero-order valence-corrected chi connectivity index (χ0v) is 16.2. The first kappa shape index (κ1) is 20.1. The summed E-state index contributed by atoms with van der Waals surface area (Å²) in [4.78, 5) is 12.1. The second-order valence-electron chi connectivity index (χ2n) is 6.95. The van der Waals surface area contributed by atoms with Crippen molar-refractivity contribution in [2.45, 2.75) is 20.8 Å². The smallest absolute Gasteiger partial charge is 0.316 e. The number of hydrogen-bond donors (Lipinski definition) is 0. The Balaban J connectivity index is 2.35. The molecule has 0 spiro atoms. The quantitative estimate of drug-likeness (QED) is 0.332. The van der Waals surface area contributed by atoms with Crippen molar-refractivity contribution in [2.75, 3.05) is 14.2 Å². The van der Waals surface area contributed by atoms with Crippen LogP contribution in [-0.4, -0.2) is 20.2 Å². The molecule has 0 saturated carbocycles. The average molecular weight is 365 g/mol. The van der Waals surface area contributed by atoms with E-state index in [4.69, 9.17) is 14.2 Å². The number of nitriles is 1. The molecule has 0 aliphatic heterocycles. The van der Waals surface area contributed by atoms with Gasteiger partial charge in [-0.15, -0.1) is 0 Å². The minimum atomic E-state index is -0.594. The van der Waals surface area contributed by atoms with E-state index in [0.29, 0.717) is 28.4 Å². The van der Waals surface area contributed by atoms with Crippen molar-refractivity contribution in [1.29, 1.82) is 5.26 Å². The number of nitrogens with zero attached hydrogens (tertiary/aromatic N) is 1. The highest BCUT2D eigenvalue weighted by molar-refractivity contribution is 5.90. The van der Waals surface area contributed by atoms with Gasteiger partial charge in [-0.2, -0.15) is 5.26 Å². The molecule has 0 unspecified atom stereocenters. The summed E-state index contributed by atoms with van der Waals surface area (Å²) >= 11 is 0. The van der Waals surface area contributed by atoms with Crippen molar-refractivity contribution < 1.29 is 19.0 Å². The Bertz CT molecular complexity index is 901. The van der Waals surface area contributed by atoms with Crippen molar-refractivity contribution >= 4 is 17.6 Å². The maximum absolute atomic E-state index is 12.1. The van der Waals surface area contributed by atoms with E-state index in [1.807, 2.05) is 6.07 Å². The SMILES string of the molecule is COc1ccc(/C(C#N)=C\c2cccc(OC(=O)C(C)(C)C)c2)cc1OC. The fourth-order valence-electron chi connectivity index (χ4n) is 2.28. The number of ether oxygens (including phenoxy) is 3. The Kier molecular flexibility index (Phi) is 6.25. The van der Waals surface area contributed by atoms with Crippen molar-refractivity contribution in [3.05, 3.63) is 53.6 Å². The summed E-state index contributed by atoms with van der Waals surface area (Å²) in [5.41, 5.74) is 1.31. The van der Waals surface area contributed by atoms with E-state index in [2.05, 4.69) is 6.07 Å². The van der Waals surface area contributed by atoms with Gasteiger partial charge in [-0.05, 0) is 68.3 Å². The topological polar surface area (TPSA) is 68.5 Å². The lowest BCUT2D eigenvalue weighted by Gasteiger charge is -2.16. The second kappa shape index (κ2) is 8.41. The molecule has 0 saturated heterocycles. The van der Waals surface area contributed by atoms with Crippen LogP contribution in [0.2, 0.25) is 0 Å². The Morgan fingerprint density at radius 2 is 1.74 bits per heavy atom. The molecule has 2 aromatic carbocycles. The molecule has 0 fully saturated rings. The van der Waals surface area contributed by atoms with E-state index in [0.717, 1.165) is 5.56 Å². The zero-order chi connectivity index (χ0) is 20.0. The molecule has 5 nitrogen and oxygen atoms in total. The number of rotatable bonds is 5. The second-order valence-corrected chi connectivity index (χ2v) is 6.95. The molecule has 0 aliphatic rings. The van der Waals surface area contributed by atoms with Crippen molar-refractivity contribution in [2.24, 2.45) is 5.41 Å². The summed E-state index contributed by atoms with van der Waals surface area (Å²) in [6.07, 6.45) is 1.73. The van der Waals surface area contributed by atoms with E-state index in [-0.39, 0.29) is 5.97 Å². The summed E-state index contributed by atoms with van der Waals surface area (Å²) in [5.74, 6) is 1.26. The van der Waals surface area contributed by atoms with Crippen molar-refractivity contribution in [3.63, 3.8) is 0 Å². The molecular formula is C22H23NO4. The van der Waals surface area contributed by atoms with Crippen molar-refractivity contribution in [1.82, 2.24) is 0 Å². The summed E-state index contributed by atoms with van der Waals surface area (Å²) in [6.45, 7) is 5.39.